The van der Waals surface area contributed by atoms with E-state index in [-0.39, 0.29) is 5.75 Å². The Morgan fingerprint density at radius 1 is 1.35 bits per heavy atom. The summed E-state index contributed by atoms with van der Waals surface area (Å²) in [4.78, 5) is 11.2. The molecule has 2 rings (SSSR count). The summed E-state index contributed by atoms with van der Waals surface area (Å²) in [5.74, 6) is 0.0355. The summed E-state index contributed by atoms with van der Waals surface area (Å²) in [6.45, 7) is 3.30. The van der Waals surface area contributed by atoms with Gasteiger partial charge in [0.2, 0.25) is 6.10 Å². The lowest BCUT2D eigenvalue weighted by Gasteiger charge is -2.28. The van der Waals surface area contributed by atoms with Gasteiger partial charge in [0.15, 0.2) is 0 Å². The van der Waals surface area contributed by atoms with Crippen molar-refractivity contribution >= 4 is 34.5 Å². The van der Waals surface area contributed by atoms with Crippen molar-refractivity contribution in [3.63, 3.8) is 0 Å². The van der Waals surface area contributed by atoms with Gasteiger partial charge in [-0.05, 0) is 48.7 Å². The van der Waals surface area contributed by atoms with Gasteiger partial charge in [-0.15, -0.1) is 0 Å². The fourth-order valence-corrected chi connectivity index (χ4v) is 2.35. The van der Waals surface area contributed by atoms with Crippen molar-refractivity contribution < 1.29 is 22.7 Å². The first-order chi connectivity index (χ1) is 9.12. The van der Waals surface area contributed by atoms with Gasteiger partial charge >= 0.3 is 6.18 Å². The van der Waals surface area contributed by atoms with Crippen LogP contribution in [0.3, 0.4) is 0 Å². The summed E-state index contributed by atoms with van der Waals surface area (Å²) < 4.78 is 43.7. The summed E-state index contributed by atoms with van der Waals surface area (Å²) >= 11 is 11.3. The van der Waals surface area contributed by atoms with Gasteiger partial charge in [-0.2, -0.15) is 13.2 Å². The highest BCUT2D eigenvalue weighted by atomic mass is 35.5. The average molecular weight is 325 g/mol. The molecule has 0 fully saturated rings. The Labute approximate surface area is 123 Å². The van der Waals surface area contributed by atoms with Crippen LogP contribution in [0.4, 0.5) is 13.2 Å². The number of aryl methyl sites for hydroxylation is 1. The van der Waals surface area contributed by atoms with Gasteiger partial charge < -0.3 is 4.74 Å². The maximum Gasteiger partial charge on any atom is 0.429 e. The summed E-state index contributed by atoms with van der Waals surface area (Å²) in [6, 6.07) is 1.41. The number of hydrogen-bond acceptors (Lipinski definition) is 2. The van der Waals surface area contributed by atoms with E-state index >= 15 is 0 Å². The molecule has 2 nitrogen and oxygen atoms in total. The molecular formula is C13H9Cl2F3O2. The van der Waals surface area contributed by atoms with Crippen molar-refractivity contribution in [2.75, 3.05) is 0 Å². The van der Waals surface area contributed by atoms with Crippen molar-refractivity contribution in [2.45, 2.75) is 26.1 Å². The Bertz CT molecular complexity index is 621. The Hall–Kier alpha value is -1.20. The van der Waals surface area contributed by atoms with E-state index in [9.17, 15) is 18.0 Å². The molecule has 7 heteroatoms. The second kappa shape index (κ2) is 4.97. The Kier molecular flexibility index (Phi) is 3.77. The van der Waals surface area contributed by atoms with Crippen molar-refractivity contribution in [2.24, 2.45) is 0 Å². The molecule has 0 N–H and O–H groups in total. The van der Waals surface area contributed by atoms with Crippen LogP contribution in [0.1, 0.15) is 16.7 Å². The van der Waals surface area contributed by atoms with Gasteiger partial charge in [-0.25, -0.2) is 0 Å². The number of carbonyl (C=O) groups excluding carboxylic acids is 1. The third kappa shape index (κ3) is 2.52. The van der Waals surface area contributed by atoms with Crippen LogP contribution >= 0.6 is 23.2 Å². The van der Waals surface area contributed by atoms with Crippen LogP contribution in [0, 0.1) is 13.8 Å². The van der Waals surface area contributed by atoms with Gasteiger partial charge in [-0.1, -0.05) is 11.6 Å². The van der Waals surface area contributed by atoms with E-state index in [2.05, 4.69) is 0 Å². The zero-order valence-electron chi connectivity index (χ0n) is 10.4. The molecule has 0 aliphatic carbocycles. The minimum absolute atomic E-state index is 0.0355. The van der Waals surface area contributed by atoms with Crippen molar-refractivity contribution in [1.29, 1.82) is 0 Å². The average Bonchev–Trinajstić information content (AvgIpc) is 2.33. The molecule has 108 valence electrons. The number of hydrogen-bond donors (Lipinski definition) is 0. The molecule has 1 heterocycles. The zero-order chi connectivity index (χ0) is 15.2. The lowest BCUT2D eigenvalue weighted by Crippen LogP contribution is -2.39. The first-order valence-corrected chi connectivity index (χ1v) is 6.33. The van der Waals surface area contributed by atoms with Crippen LogP contribution in [0.15, 0.2) is 11.6 Å². The molecule has 0 saturated heterocycles. The van der Waals surface area contributed by atoms with Crippen molar-refractivity contribution in [3.8, 4) is 5.75 Å². The SMILES string of the molecule is Cc1cc2c(c(C)c1Cl)C=C(C(=O)Cl)[C@@H](C(F)(F)F)O2. The maximum atomic E-state index is 12.9. The fraction of sp³-hybridized carbons (Fsp3) is 0.308. The fourth-order valence-electron chi connectivity index (χ4n) is 2.04. The summed E-state index contributed by atoms with van der Waals surface area (Å²) in [6.07, 6.45) is -6.00. The van der Waals surface area contributed by atoms with Crippen LogP contribution in [0.25, 0.3) is 6.08 Å². The van der Waals surface area contributed by atoms with Crippen LogP contribution in [-0.4, -0.2) is 17.5 Å². The third-order valence-corrected chi connectivity index (χ3v) is 3.84. The first kappa shape index (κ1) is 15.2. The molecule has 1 aliphatic heterocycles. The molecule has 0 radical (unpaired) electrons. The summed E-state index contributed by atoms with van der Waals surface area (Å²) in [5, 5.41) is -0.787. The van der Waals surface area contributed by atoms with E-state index in [1.165, 1.54) is 6.07 Å². The minimum Gasteiger partial charge on any atom is -0.475 e. The normalized spacial score (nSPS) is 18.1. The highest BCUT2D eigenvalue weighted by molar-refractivity contribution is 6.68. The van der Waals surface area contributed by atoms with Gasteiger partial charge in [0.25, 0.3) is 5.24 Å². The molecule has 0 unspecified atom stereocenters. The smallest absolute Gasteiger partial charge is 0.429 e. The summed E-state index contributed by atoms with van der Waals surface area (Å²) in [7, 11) is 0. The maximum absolute atomic E-state index is 12.9. The number of halogens is 5. The molecule has 1 aromatic rings. The van der Waals surface area contributed by atoms with Crippen LogP contribution < -0.4 is 4.74 Å². The molecule has 0 bridgehead atoms. The van der Waals surface area contributed by atoms with Crippen LogP contribution in [0.5, 0.6) is 5.75 Å². The largest absolute Gasteiger partial charge is 0.475 e. The molecule has 1 aliphatic rings. The van der Waals surface area contributed by atoms with Crippen molar-refractivity contribution in [3.05, 3.63) is 33.4 Å². The predicted molar refractivity (Wildman–Crippen MR) is 70.2 cm³/mol. The third-order valence-electron chi connectivity index (χ3n) is 3.04. The zero-order valence-corrected chi connectivity index (χ0v) is 12.0. The highest BCUT2D eigenvalue weighted by Gasteiger charge is 2.48. The topological polar surface area (TPSA) is 26.3 Å². The second-order valence-electron chi connectivity index (χ2n) is 4.46. The number of alkyl halides is 3. The van der Waals surface area contributed by atoms with E-state index in [1.54, 1.807) is 13.8 Å². The highest BCUT2D eigenvalue weighted by Crippen LogP contribution is 2.41. The van der Waals surface area contributed by atoms with Crippen LogP contribution in [0.2, 0.25) is 5.02 Å². The van der Waals surface area contributed by atoms with Crippen molar-refractivity contribution in [1.82, 2.24) is 0 Å². The number of ether oxygens (including phenoxy) is 1. The van der Waals surface area contributed by atoms with E-state index in [1.807, 2.05) is 0 Å². The minimum atomic E-state index is -4.73. The number of benzene rings is 1. The molecule has 0 aromatic heterocycles. The Morgan fingerprint density at radius 3 is 2.45 bits per heavy atom. The molecular weight excluding hydrogens is 316 g/mol. The van der Waals surface area contributed by atoms with E-state index in [0.29, 0.717) is 21.7 Å². The molecule has 1 atom stereocenters. The van der Waals surface area contributed by atoms with E-state index < -0.39 is 23.1 Å². The molecule has 0 spiro atoms. The molecule has 0 amide bonds. The van der Waals surface area contributed by atoms with Crippen LogP contribution in [-0.2, 0) is 4.79 Å². The van der Waals surface area contributed by atoms with Gasteiger partial charge in [0.1, 0.15) is 5.75 Å². The Balaban J connectivity index is 2.66. The second-order valence-corrected chi connectivity index (χ2v) is 5.18. The lowest BCUT2D eigenvalue weighted by atomic mass is 9.97. The number of fused-ring (bicyclic) bond motifs is 1. The van der Waals surface area contributed by atoms with Gasteiger partial charge in [-0.3, -0.25) is 4.79 Å². The number of rotatable bonds is 1. The number of carbonyl (C=O) groups is 1. The standard InChI is InChI=1S/C13H9Cl2F3O2/c1-5-3-9-7(6(2)10(5)14)4-8(12(15)19)11(20-9)13(16,17)18/h3-4,11H,1-2H3/t11-/m0/s1. The monoisotopic (exact) mass is 324 g/mol. The predicted octanol–water partition coefficient (Wildman–Crippen LogP) is 4.43. The van der Waals surface area contributed by atoms with E-state index in [0.717, 1.165) is 6.08 Å². The van der Waals surface area contributed by atoms with E-state index in [4.69, 9.17) is 27.9 Å². The molecule has 0 saturated carbocycles. The molecule has 20 heavy (non-hydrogen) atoms. The lowest BCUT2D eigenvalue weighted by molar-refractivity contribution is -0.184. The molecule has 1 aromatic carbocycles. The first-order valence-electron chi connectivity index (χ1n) is 5.57. The van der Waals surface area contributed by atoms with Gasteiger partial charge in [0.05, 0.1) is 5.57 Å². The van der Waals surface area contributed by atoms with Gasteiger partial charge in [0, 0.05) is 10.6 Å². The Morgan fingerprint density at radius 2 is 1.95 bits per heavy atom. The quantitative estimate of drug-likeness (QED) is 0.714. The summed E-state index contributed by atoms with van der Waals surface area (Å²) in [5.41, 5.74) is 0.829.